The van der Waals surface area contributed by atoms with Crippen LogP contribution in [0.5, 0.6) is 0 Å². The van der Waals surface area contributed by atoms with Crippen LogP contribution < -0.4 is 56.1 Å². The van der Waals surface area contributed by atoms with Crippen molar-refractivity contribution in [1.29, 1.82) is 0 Å². The largest absolute Gasteiger partial charge is 1.00 e. The molecule has 0 aliphatic heterocycles. The molecule has 0 nitrogen and oxygen atoms in total. The van der Waals surface area contributed by atoms with Crippen molar-refractivity contribution in [3.63, 3.8) is 0 Å². The Morgan fingerprint density at radius 1 is 1.33 bits per heavy atom. The predicted molar refractivity (Wildman–Crippen MR) is 13.8 cm³/mol. The van der Waals surface area contributed by atoms with Gasteiger partial charge in [-0.2, -0.15) is 0 Å². The van der Waals surface area contributed by atoms with Gasteiger partial charge >= 0.3 is 58.7 Å². The second-order valence-electron chi connectivity index (χ2n) is 0.519. The summed E-state index contributed by atoms with van der Waals surface area (Å²) in [5.74, 6) is 0. The van der Waals surface area contributed by atoms with Crippen LogP contribution in [0.1, 0.15) is 0 Å². The van der Waals surface area contributed by atoms with Crippen molar-refractivity contribution in [3.05, 3.63) is 0 Å². The zero-order valence-corrected chi connectivity index (χ0v) is 6.83. The number of hydrogen-bond donors (Lipinski definition) is 0. The Hall–Kier alpha value is 1.49. The van der Waals surface area contributed by atoms with Crippen LogP contribution in [0.25, 0.3) is 0 Å². The standard InChI is InChI=1S/CH3BF2.FH.K/c1-2(3)4;;/h1H3;1H;/q;;+1/p-1. The van der Waals surface area contributed by atoms with Gasteiger partial charge in [-0.1, -0.05) is 0 Å². The van der Waals surface area contributed by atoms with Crippen molar-refractivity contribution < 1.29 is 64.7 Å². The van der Waals surface area contributed by atoms with Gasteiger partial charge in [0, 0.05) is 0 Å². The quantitative estimate of drug-likeness (QED) is 0.282. The van der Waals surface area contributed by atoms with Gasteiger partial charge in [0.1, 0.15) is 0 Å². The first kappa shape index (κ1) is 15.6. The van der Waals surface area contributed by atoms with Gasteiger partial charge in [0.15, 0.2) is 0 Å². The fourth-order valence-electron chi connectivity index (χ4n) is 0. The van der Waals surface area contributed by atoms with Crippen LogP contribution in [0.4, 0.5) is 8.63 Å². The first-order valence-electron chi connectivity index (χ1n) is 1.01. The van der Waals surface area contributed by atoms with Crippen molar-refractivity contribution in [2.45, 2.75) is 6.82 Å². The molecule has 0 N–H and O–H groups in total. The molecule has 0 heterocycles. The Kier molecular flexibility index (Phi) is 25.3. The Morgan fingerprint density at radius 2 is 1.33 bits per heavy atom. The van der Waals surface area contributed by atoms with Gasteiger partial charge in [0.2, 0.25) is 0 Å². The van der Waals surface area contributed by atoms with Gasteiger partial charge < -0.3 is 4.70 Å². The summed E-state index contributed by atoms with van der Waals surface area (Å²) >= 11 is 0. The zero-order chi connectivity index (χ0) is 3.58. The van der Waals surface area contributed by atoms with Gasteiger partial charge in [-0.25, -0.2) is 0 Å². The Morgan fingerprint density at radius 3 is 1.33 bits per heavy atom. The minimum atomic E-state index is -2.17. The van der Waals surface area contributed by atoms with Crippen molar-refractivity contribution >= 4 is 7.27 Å². The molecule has 0 fully saturated rings. The Labute approximate surface area is 77.6 Å². The molecule has 0 aliphatic rings. The minimum Gasteiger partial charge on any atom is -1.00 e. The summed E-state index contributed by atoms with van der Waals surface area (Å²) in [5.41, 5.74) is 0. The van der Waals surface area contributed by atoms with E-state index in [1.807, 2.05) is 0 Å². The van der Waals surface area contributed by atoms with Crippen LogP contribution in [-0.2, 0) is 0 Å². The monoisotopic (exact) mass is 122 g/mol. The second kappa shape index (κ2) is 9.70. The van der Waals surface area contributed by atoms with E-state index in [0.29, 0.717) is 0 Å². The maximum Gasteiger partial charge on any atom is 1.00 e. The molecule has 0 unspecified atom stereocenters. The number of hydrogen-bond acceptors (Lipinski definition) is 0. The first-order valence-corrected chi connectivity index (χ1v) is 1.01. The van der Waals surface area contributed by atoms with E-state index >= 15 is 0 Å². The molecule has 0 saturated heterocycles. The Balaban J connectivity index is -0.0000000450. The summed E-state index contributed by atoms with van der Waals surface area (Å²) in [6, 6.07) is 0. The van der Waals surface area contributed by atoms with Crippen molar-refractivity contribution in [2.75, 3.05) is 0 Å². The van der Waals surface area contributed by atoms with E-state index in [1.165, 1.54) is 0 Å². The fraction of sp³-hybridized carbons (Fsp3) is 1.00. The molecular weight excluding hydrogens is 119 g/mol. The topological polar surface area (TPSA) is 0 Å². The van der Waals surface area contributed by atoms with Crippen LogP contribution in [-0.4, -0.2) is 7.27 Å². The van der Waals surface area contributed by atoms with Crippen molar-refractivity contribution in [2.24, 2.45) is 0 Å². The third-order valence-corrected chi connectivity index (χ3v) is 0. The van der Waals surface area contributed by atoms with Gasteiger partial charge in [0.05, 0.1) is 0 Å². The van der Waals surface area contributed by atoms with E-state index in [0.717, 1.165) is 6.82 Å². The van der Waals surface area contributed by atoms with Crippen LogP contribution in [0, 0.1) is 0 Å². The summed E-state index contributed by atoms with van der Waals surface area (Å²) in [6.07, 6.45) is 0. The molecule has 0 atom stereocenters. The average molecular weight is 122 g/mol. The average Bonchev–Trinajstić information content (AvgIpc) is 0.811. The molecule has 0 amide bonds. The Bertz CT molecular complexity index is 15.5. The van der Waals surface area contributed by atoms with E-state index in [4.69, 9.17) is 0 Å². The van der Waals surface area contributed by atoms with E-state index in [1.54, 1.807) is 0 Å². The third-order valence-electron chi connectivity index (χ3n) is 0. The molecule has 0 saturated carbocycles. The van der Waals surface area contributed by atoms with E-state index in [9.17, 15) is 8.63 Å². The number of rotatable bonds is 0. The van der Waals surface area contributed by atoms with E-state index in [-0.39, 0.29) is 56.1 Å². The molecular formula is CH3BF3K. The maximum absolute atomic E-state index is 10.3. The van der Waals surface area contributed by atoms with Crippen LogP contribution >= 0.6 is 0 Å². The van der Waals surface area contributed by atoms with Gasteiger partial charge in [-0.3, -0.25) is 8.63 Å². The SMILES string of the molecule is CB(F)F.[F-].[K+]. The second-order valence-corrected chi connectivity index (χ2v) is 0.519. The van der Waals surface area contributed by atoms with E-state index < -0.39 is 7.27 Å². The fourth-order valence-corrected chi connectivity index (χ4v) is 0. The summed E-state index contributed by atoms with van der Waals surface area (Å²) in [4.78, 5) is 0. The molecule has 0 aromatic rings. The molecule has 0 rings (SSSR count). The van der Waals surface area contributed by atoms with Crippen LogP contribution in [0.2, 0.25) is 6.82 Å². The molecule has 5 heteroatoms. The maximum atomic E-state index is 10.3. The van der Waals surface area contributed by atoms with Crippen LogP contribution in [0.15, 0.2) is 0 Å². The molecule has 0 aliphatic carbocycles. The summed E-state index contributed by atoms with van der Waals surface area (Å²) in [6.45, 7) is 0.833. The molecule has 0 spiro atoms. The number of halogens is 3. The first-order chi connectivity index (χ1) is 1.73. The predicted octanol–water partition coefficient (Wildman–Crippen LogP) is -4.95. The van der Waals surface area contributed by atoms with E-state index in [2.05, 4.69) is 0 Å². The molecule has 6 heavy (non-hydrogen) atoms. The van der Waals surface area contributed by atoms with Crippen molar-refractivity contribution in [3.8, 4) is 0 Å². The van der Waals surface area contributed by atoms with Crippen LogP contribution in [0.3, 0.4) is 0 Å². The molecule has 0 bridgehead atoms. The zero-order valence-electron chi connectivity index (χ0n) is 3.71. The normalized spacial score (nSPS) is 4.50. The molecule has 32 valence electrons. The van der Waals surface area contributed by atoms with Gasteiger partial charge in [-0.05, 0) is 6.82 Å². The summed E-state index contributed by atoms with van der Waals surface area (Å²) in [7, 11) is -2.17. The van der Waals surface area contributed by atoms with Gasteiger partial charge in [0.25, 0.3) is 0 Å². The smallest absolute Gasteiger partial charge is 1.00 e. The minimum absolute atomic E-state index is 0. The summed E-state index contributed by atoms with van der Waals surface area (Å²) < 4.78 is 20.7. The third kappa shape index (κ3) is 49.8. The molecule has 0 radical (unpaired) electrons. The molecule has 0 aromatic heterocycles. The summed E-state index contributed by atoms with van der Waals surface area (Å²) in [5, 5.41) is 0. The molecule has 0 aromatic carbocycles. The van der Waals surface area contributed by atoms with Gasteiger partial charge in [-0.15, -0.1) is 0 Å². The van der Waals surface area contributed by atoms with Crippen molar-refractivity contribution in [1.82, 2.24) is 0 Å².